The third-order valence-electron chi connectivity index (χ3n) is 3.65. The van der Waals surface area contributed by atoms with E-state index in [2.05, 4.69) is 12.2 Å². The summed E-state index contributed by atoms with van der Waals surface area (Å²) in [4.78, 5) is 6.09. The van der Waals surface area contributed by atoms with Gasteiger partial charge in [-0.1, -0.05) is 19.1 Å². The Hall–Kier alpha value is -1.26. The molecule has 1 aliphatic carbocycles. The normalized spacial score (nSPS) is 14.8. The minimum atomic E-state index is -0.154. The van der Waals surface area contributed by atoms with Crippen LogP contribution in [0.15, 0.2) is 18.2 Å². The van der Waals surface area contributed by atoms with E-state index >= 15 is 0 Å². The van der Waals surface area contributed by atoms with Crippen LogP contribution in [0.5, 0.6) is 0 Å². The van der Waals surface area contributed by atoms with Gasteiger partial charge in [-0.25, -0.2) is 9.37 Å². The third-order valence-corrected chi connectivity index (χ3v) is 4.77. The highest BCUT2D eigenvalue weighted by Crippen LogP contribution is 2.44. The molecule has 0 unspecified atom stereocenters. The second kappa shape index (κ2) is 5.62. The predicted molar refractivity (Wildman–Crippen MR) is 81.6 cm³/mol. The molecule has 0 aliphatic heterocycles. The molecule has 0 saturated heterocycles. The fourth-order valence-electron chi connectivity index (χ4n) is 2.25. The number of halogens is 1. The van der Waals surface area contributed by atoms with E-state index in [4.69, 9.17) is 4.98 Å². The van der Waals surface area contributed by atoms with Crippen molar-refractivity contribution in [1.29, 1.82) is 0 Å². The van der Waals surface area contributed by atoms with Crippen LogP contribution in [-0.4, -0.2) is 11.5 Å². The molecule has 1 heterocycles. The van der Waals surface area contributed by atoms with Gasteiger partial charge in [0, 0.05) is 22.9 Å². The van der Waals surface area contributed by atoms with Crippen molar-refractivity contribution in [2.24, 2.45) is 0 Å². The Labute approximate surface area is 123 Å². The molecule has 3 rings (SSSR count). The van der Waals surface area contributed by atoms with Crippen molar-refractivity contribution in [2.75, 3.05) is 6.54 Å². The molecule has 0 spiro atoms. The molecular formula is C16H19FN2S. The SMILES string of the molecule is CCNCc1sc(-c2ccc(C)c(F)c2)nc1C1CC1. The van der Waals surface area contributed by atoms with Crippen LogP contribution in [0.2, 0.25) is 0 Å². The molecule has 1 saturated carbocycles. The first-order chi connectivity index (χ1) is 9.69. The first-order valence-electron chi connectivity index (χ1n) is 7.16. The van der Waals surface area contributed by atoms with Gasteiger partial charge in [-0.05, 0) is 37.9 Å². The maximum absolute atomic E-state index is 13.7. The van der Waals surface area contributed by atoms with Crippen LogP contribution < -0.4 is 5.32 Å². The van der Waals surface area contributed by atoms with Gasteiger partial charge in [0.15, 0.2) is 0 Å². The molecule has 106 valence electrons. The Balaban J connectivity index is 1.94. The van der Waals surface area contributed by atoms with Gasteiger partial charge in [0.05, 0.1) is 5.69 Å². The Morgan fingerprint density at radius 1 is 1.40 bits per heavy atom. The summed E-state index contributed by atoms with van der Waals surface area (Å²) in [5.41, 5.74) is 2.80. The van der Waals surface area contributed by atoms with Crippen LogP contribution in [0.4, 0.5) is 4.39 Å². The highest BCUT2D eigenvalue weighted by molar-refractivity contribution is 7.15. The maximum atomic E-state index is 13.7. The Morgan fingerprint density at radius 3 is 2.85 bits per heavy atom. The first-order valence-corrected chi connectivity index (χ1v) is 7.97. The molecule has 2 nitrogen and oxygen atoms in total. The van der Waals surface area contributed by atoms with Crippen molar-refractivity contribution in [3.8, 4) is 10.6 Å². The summed E-state index contributed by atoms with van der Waals surface area (Å²) in [6.07, 6.45) is 2.48. The van der Waals surface area contributed by atoms with E-state index in [1.165, 1.54) is 23.4 Å². The van der Waals surface area contributed by atoms with Gasteiger partial charge >= 0.3 is 0 Å². The van der Waals surface area contributed by atoms with Crippen LogP contribution >= 0.6 is 11.3 Å². The van der Waals surface area contributed by atoms with Gasteiger partial charge in [-0.2, -0.15) is 0 Å². The molecule has 0 atom stereocenters. The zero-order valence-electron chi connectivity index (χ0n) is 11.9. The zero-order chi connectivity index (χ0) is 14.1. The minimum Gasteiger partial charge on any atom is -0.312 e. The van der Waals surface area contributed by atoms with Gasteiger partial charge in [0.2, 0.25) is 0 Å². The second-order valence-corrected chi connectivity index (χ2v) is 6.43. The number of aromatic nitrogens is 1. The number of nitrogens with zero attached hydrogens (tertiary/aromatic N) is 1. The number of thiazole rings is 1. The average molecular weight is 290 g/mol. The molecule has 1 N–H and O–H groups in total. The summed E-state index contributed by atoms with van der Waals surface area (Å²) in [6, 6.07) is 5.39. The van der Waals surface area contributed by atoms with E-state index in [1.54, 1.807) is 24.3 Å². The molecule has 0 radical (unpaired) electrons. The molecule has 1 fully saturated rings. The van der Waals surface area contributed by atoms with E-state index in [0.29, 0.717) is 11.5 Å². The van der Waals surface area contributed by atoms with Crippen molar-refractivity contribution >= 4 is 11.3 Å². The van der Waals surface area contributed by atoms with E-state index < -0.39 is 0 Å². The smallest absolute Gasteiger partial charge is 0.126 e. The van der Waals surface area contributed by atoms with Crippen molar-refractivity contribution in [1.82, 2.24) is 10.3 Å². The Morgan fingerprint density at radius 2 is 2.20 bits per heavy atom. The van der Waals surface area contributed by atoms with Gasteiger partial charge in [-0.15, -0.1) is 11.3 Å². The number of rotatable bonds is 5. The lowest BCUT2D eigenvalue weighted by molar-refractivity contribution is 0.619. The number of aryl methyl sites for hydroxylation is 1. The molecular weight excluding hydrogens is 271 g/mol. The van der Waals surface area contributed by atoms with E-state index in [9.17, 15) is 4.39 Å². The van der Waals surface area contributed by atoms with E-state index in [1.807, 2.05) is 12.1 Å². The zero-order valence-corrected chi connectivity index (χ0v) is 12.7. The highest BCUT2D eigenvalue weighted by Gasteiger charge is 2.29. The van der Waals surface area contributed by atoms with Crippen LogP contribution in [0.25, 0.3) is 10.6 Å². The molecule has 1 aromatic heterocycles. The number of nitrogens with one attached hydrogen (secondary N) is 1. The summed E-state index contributed by atoms with van der Waals surface area (Å²) in [7, 11) is 0. The lowest BCUT2D eigenvalue weighted by Crippen LogP contribution is -2.11. The summed E-state index contributed by atoms with van der Waals surface area (Å²) in [5.74, 6) is 0.475. The van der Waals surface area contributed by atoms with Crippen LogP contribution in [0.3, 0.4) is 0 Å². The quantitative estimate of drug-likeness (QED) is 0.890. The van der Waals surface area contributed by atoms with Crippen LogP contribution in [-0.2, 0) is 6.54 Å². The summed E-state index contributed by atoms with van der Waals surface area (Å²) < 4.78 is 13.7. The molecule has 0 amide bonds. The largest absolute Gasteiger partial charge is 0.312 e. The molecule has 1 aliphatic rings. The summed E-state index contributed by atoms with van der Waals surface area (Å²) in [5, 5.41) is 4.31. The lowest BCUT2D eigenvalue weighted by Gasteiger charge is -2.00. The lowest BCUT2D eigenvalue weighted by atomic mass is 10.1. The molecule has 4 heteroatoms. The van der Waals surface area contributed by atoms with Crippen LogP contribution in [0.1, 0.15) is 41.8 Å². The second-order valence-electron chi connectivity index (χ2n) is 5.35. The average Bonchev–Trinajstić information content (AvgIpc) is 3.20. The third kappa shape index (κ3) is 2.76. The molecule has 2 aromatic rings. The topological polar surface area (TPSA) is 24.9 Å². The Kier molecular flexibility index (Phi) is 3.85. The standard InChI is InChI=1S/C16H19FN2S/c1-3-18-9-14-15(11-6-7-11)19-16(20-14)12-5-4-10(2)13(17)8-12/h4-5,8,11,18H,3,6-7,9H2,1-2H3. The highest BCUT2D eigenvalue weighted by atomic mass is 32.1. The molecule has 1 aromatic carbocycles. The fourth-order valence-corrected chi connectivity index (χ4v) is 3.37. The number of hydrogen-bond acceptors (Lipinski definition) is 3. The van der Waals surface area contributed by atoms with Crippen molar-refractivity contribution < 1.29 is 4.39 Å². The van der Waals surface area contributed by atoms with Crippen molar-refractivity contribution in [3.05, 3.63) is 40.2 Å². The number of hydrogen-bond donors (Lipinski definition) is 1. The van der Waals surface area contributed by atoms with E-state index in [-0.39, 0.29) is 5.82 Å². The van der Waals surface area contributed by atoms with Gasteiger partial charge in [0.25, 0.3) is 0 Å². The van der Waals surface area contributed by atoms with Crippen LogP contribution in [0, 0.1) is 12.7 Å². The number of benzene rings is 1. The van der Waals surface area contributed by atoms with E-state index in [0.717, 1.165) is 23.7 Å². The van der Waals surface area contributed by atoms with Gasteiger partial charge < -0.3 is 5.32 Å². The predicted octanol–water partition coefficient (Wildman–Crippen LogP) is 4.24. The minimum absolute atomic E-state index is 0.154. The van der Waals surface area contributed by atoms with Gasteiger partial charge in [0.1, 0.15) is 10.8 Å². The monoisotopic (exact) mass is 290 g/mol. The van der Waals surface area contributed by atoms with Gasteiger partial charge in [-0.3, -0.25) is 0 Å². The molecule has 20 heavy (non-hydrogen) atoms. The fraction of sp³-hybridized carbons (Fsp3) is 0.438. The maximum Gasteiger partial charge on any atom is 0.126 e. The summed E-state index contributed by atoms with van der Waals surface area (Å²) in [6.45, 7) is 5.71. The first kappa shape index (κ1) is 13.7. The van der Waals surface area contributed by atoms with Crippen molar-refractivity contribution in [2.45, 2.75) is 39.2 Å². The Bertz CT molecular complexity index is 617. The molecule has 0 bridgehead atoms. The van der Waals surface area contributed by atoms with Crippen molar-refractivity contribution in [3.63, 3.8) is 0 Å². The summed E-state index contributed by atoms with van der Waals surface area (Å²) >= 11 is 1.70.